The molecule has 0 aliphatic carbocycles. The molecule has 0 saturated carbocycles. The van der Waals surface area contributed by atoms with Crippen LogP contribution in [0.15, 0.2) is 18.2 Å². The predicted octanol–water partition coefficient (Wildman–Crippen LogP) is 1.85. The van der Waals surface area contributed by atoms with Gasteiger partial charge in [-0.1, -0.05) is 26.0 Å². The molecule has 0 aromatic heterocycles. The molecule has 1 aromatic rings. The molecule has 1 N–H and O–H groups in total. The molecular weight excluding hydrogens is 262 g/mol. The summed E-state index contributed by atoms with van der Waals surface area (Å²) >= 11 is 0. The second kappa shape index (κ2) is 6.94. The summed E-state index contributed by atoms with van der Waals surface area (Å²) in [7, 11) is 3.64. The van der Waals surface area contributed by atoms with Crippen LogP contribution in [0, 0.1) is 0 Å². The smallest absolute Gasteiger partial charge is 0.226 e. The second-order valence-electron chi connectivity index (χ2n) is 6.24. The van der Waals surface area contributed by atoms with Crippen molar-refractivity contribution in [2.24, 2.45) is 0 Å². The van der Waals surface area contributed by atoms with Crippen LogP contribution in [0.25, 0.3) is 0 Å². The highest BCUT2D eigenvalue weighted by Gasteiger charge is 2.17. The van der Waals surface area contributed by atoms with Crippen LogP contribution >= 0.6 is 0 Å². The van der Waals surface area contributed by atoms with Gasteiger partial charge in [-0.05, 0) is 23.1 Å². The molecule has 4 heteroatoms. The van der Waals surface area contributed by atoms with Gasteiger partial charge in [0.15, 0.2) is 0 Å². The first-order valence-corrected chi connectivity index (χ1v) is 7.77. The van der Waals surface area contributed by atoms with E-state index >= 15 is 0 Å². The maximum absolute atomic E-state index is 12.1. The fraction of sp³-hybridized carbons (Fsp3) is 0.588. The van der Waals surface area contributed by atoms with Gasteiger partial charge in [0.2, 0.25) is 5.91 Å². The second-order valence-corrected chi connectivity index (χ2v) is 6.24. The monoisotopic (exact) mass is 289 g/mol. The number of nitrogens with zero attached hydrogens (tertiary/aromatic N) is 2. The van der Waals surface area contributed by atoms with E-state index in [1.165, 1.54) is 11.3 Å². The highest BCUT2D eigenvalue weighted by Crippen LogP contribution is 2.26. The molecule has 0 bridgehead atoms. The normalized spacial score (nSPS) is 15.4. The van der Waals surface area contributed by atoms with E-state index in [-0.39, 0.29) is 5.91 Å². The number of carbonyl (C=O) groups is 1. The number of piperazine rings is 1. The molecule has 1 aliphatic heterocycles. The lowest BCUT2D eigenvalue weighted by Crippen LogP contribution is -2.44. The van der Waals surface area contributed by atoms with Crippen molar-refractivity contribution in [3.63, 3.8) is 0 Å². The third-order valence-electron chi connectivity index (χ3n) is 4.07. The lowest BCUT2D eigenvalue weighted by Gasteiger charge is -2.31. The number of hydrogen-bond donors (Lipinski definition) is 1. The lowest BCUT2D eigenvalue weighted by atomic mass is 9.97. The Balaban J connectivity index is 2.31. The van der Waals surface area contributed by atoms with Crippen LogP contribution in [0.3, 0.4) is 0 Å². The Labute approximate surface area is 128 Å². The zero-order valence-corrected chi connectivity index (χ0v) is 13.6. The molecule has 1 aromatic carbocycles. The Hall–Kier alpha value is -1.55. The van der Waals surface area contributed by atoms with Crippen LogP contribution in [-0.2, 0) is 11.2 Å². The van der Waals surface area contributed by atoms with Gasteiger partial charge in [0.05, 0.1) is 6.42 Å². The molecule has 1 amide bonds. The van der Waals surface area contributed by atoms with Gasteiger partial charge in [-0.3, -0.25) is 4.79 Å². The molecule has 0 atom stereocenters. The first-order valence-electron chi connectivity index (χ1n) is 7.77. The van der Waals surface area contributed by atoms with Gasteiger partial charge in [-0.2, -0.15) is 0 Å². The van der Waals surface area contributed by atoms with Crippen molar-refractivity contribution >= 4 is 11.6 Å². The fourth-order valence-electron chi connectivity index (χ4n) is 2.64. The van der Waals surface area contributed by atoms with E-state index in [2.05, 4.69) is 42.3 Å². The minimum atomic E-state index is 0.160. The van der Waals surface area contributed by atoms with Crippen LogP contribution in [0.5, 0.6) is 0 Å². The third-order valence-corrected chi connectivity index (χ3v) is 4.07. The molecule has 2 rings (SSSR count). The predicted molar refractivity (Wildman–Crippen MR) is 88.0 cm³/mol. The summed E-state index contributed by atoms with van der Waals surface area (Å²) in [5, 5.41) is 3.38. The molecule has 116 valence electrons. The topological polar surface area (TPSA) is 35.6 Å². The van der Waals surface area contributed by atoms with Crippen molar-refractivity contribution in [3.05, 3.63) is 29.3 Å². The van der Waals surface area contributed by atoms with Crippen LogP contribution in [0.1, 0.15) is 30.9 Å². The van der Waals surface area contributed by atoms with E-state index in [0.29, 0.717) is 12.3 Å². The van der Waals surface area contributed by atoms with E-state index in [9.17, 15) is 4.79 Å². The molecule has 1 fully saturated rings. The average Bonchev–Trinajstić information content (AvgIpc) is 2.47. The molecule has 1 saturated heterocycles. The Bertz CT molecular complexity index is 491. The van der Waals surface area contributed by atoms with Gasteiger partial charge < -0.3 is 15.1 Å². The maximum Gasteiger partial charge on any atom is 0.226 e. The summed E-state index contributed by atoms with van der Waals surface area (Å²) in [6, 6.07) is 6.61. The van der Waals surface area contributed by atoms with Crippen LogP contribution < -0.4 is 10.2 Å². The number of carbonyl (C=O) groups excluding carboxylic acids is 1. The number of hydrogen-bond acceptors (Lipinski definition) is 3. The standard InChI is InChI=1S/C17H27N3O/c1-13(2)14-5-6-16(20-9-7-18-8-10-20)15(11-14)12-17(21)19(3)4/h5-6,11,13,18H,7-10,12H2,1-4H3. The minimum absolute atomic E-state index is 0.160. The van der Waals surface area contributed by atoms with Gasteiger partial charge in [0.25, 0.3) is 0 Å². The number of nitrogens with one attached hydrogen (secondary N) is 1. The minimum Gasteiger partial charge on any atom is -0.369 e. The largest absolute Gasteiger partial charge is 0.369 e. The van der Waals surface area contributed by atoms with Crippen molar-refractivity contribution in [2.45, 2.75) is 26.2 Å². The number of anilines is 1. The molecule has 4 nitrogen and oxygen atoms in total. The van der Waals surface area contributed by atoms with Gasteiger partial charge in [-0.25, -0.2) is 0 Å². The van der Waals surface area contributed by atoms with Crippen molar-refractivity contribution in [1.29, 1.82) is 0 Å². The summed E-state index contributed by atoms with van der Waals surface area (Å²) in [6.45, 7) is 8.41. The van der Waals surface area contributed by atoms with E-state index < -0.39 is 0 Å². The van der Waals surface area contributed by atoms with Crippen LogP contribution in [0.2, 0.25) is 0 Å². The molecule has 0 radical (unpaired) electrons. The quantitative estimate of drug-likeness (QED) is 0.919. The molecule has 0 unspecified atom stereocenters. The SMILES string of the molecule is CC(C)c1ccc(N2CCNCC2)c(CC(=O)N(C)C)c1. The van der Waals surface area contributed by atoms with Gasteiger partial charge in [-0.15, -0.1) is 0 Å². The van der Waals surface area contributed by atoms with Gasteiger partial charge in [0.1, 0.15) is 0 Å². The van der Waals surface area contributed by atoms with Crippen LogP contribution in [0.4, 0.5) is 5.69 Å². The summed E-state index contributed by atoms with van der Waals surface area (Å²) in [5.74, 6) is 0.641. The average molecular weight is 289 g/mol. The first-order chi connectivity index (χ1) is 9.99. The number of benzene rings is 1. The molecule has 0 spiro atoms. The van der Waals surface area contributed by atoms with Crippen molar-refractivity contribution in [3.8, 4) is 0 Å². The number of rotatable bonds is 4. The zero-order valence-electron chi connectivity index (χ0n) is 13.6. The van der Waals surface area contributed by atoms with Gasteiger partial charge >= 0.3 is 0 Å². The van der Waals surface area contributed by atoms with Gasteiger partial charge in [0, 0.05) is 46.0 Å². The van der Waals surface area contributed by atoms with Crippen molar-refractivity contribution in [2.75, 3.05) is 45.2 Å². The summed E-state index contributed by atoms with van der Waals surface area (Å²) in [4.78, 5) is 16.2. The zero-order chi connectivity index (χ0) is 15.4. The molecule has 1 heterocycles. The summed E-state index contributed by atoms with van der Waals surface area (Å²) < 4.78 is 0. The van der Waals surface area contributed by atoms with E-state index in [0.717, 1.165) is 31.7 Å². The van der Waals surface area contributed by atoms with Crippen LogP contribution in [-0.4, -0.2) is 51.1 Å². The molecule has 21 heavy (non-hydrogen) atoms. The first kappa shape index (κ1) is 15.8. The van der Waals surface area contributed by atoms with Crippen molar-refractivity contribution in [1.82, 2.24) is 10.2 Å². The Morgan fingerprint density at radius 3 is 2.52 bits per heavy atom. The molecule has 1 aliphatic rings. The Kier molecular flexibility index (Phi) is 5.23. The third kappa shape index (κ3) is 3.97. The number of likely N-dealkylation sites (N-methyl/N-ethyl adjacent to an activating group) is 1. The molecular formula is C17H27N3O. The van der Waals surface area contributed by atoms with Crippen molar-refractivity contribution < 1.29 is 4.79 Å². The fourth-order valence-corrected chi connectivity index (χ4v) is 2.64. The summed E-state index contributed by atoms with van der Waals surface area (Å²) in [6.07, 6.45) is 0.479. The van der Waals surface area contributed by atoms with E-state index in [4.69, 9.17) is 0 Å². The Morgan fingerprint density at radius 2 is 1.95 bits per heavy atom. The van der Waals surface area contributed by atoms with E-state index in [1.54, 1.807) is 4.90 Å². The highest BCUT2D eigenvalue weighted by molar-refractivity contribution is 5.80. The Morgan fingerprint density at radius 1 is 1.29 bits per heavy atom. The number of amides is 1. The summed E-state index contributed by atoms with van der Waals surface area (Å²) in [5.41, 5.74) is 3.67. The maximum atomic E-state index is 12.1. The lowest BCUT2D eigenvalue weighted by molar-refractivity contribution is -0.127. The highest BCUT2D eigenvalue weighted by atomic mass is 16.2. The van der Waals surface area contributed by atoms with E-state index in [1.807, 2.05) is 14.1 Å².